The molecule has 0 aliphatic carbocycles. The fourth-order valence-electron chi connectivity index (χ4n) is 5.49. The van der Waals surface area contributed by atoms with Crippen LogP contribution >= 0.6 is 24.5 Å². The fraction of sp³-hybridized carbons (Fsp3) is 0.486. The van der Waals surface area contributed by atoms with Crippen LogP contribution in [0.2, 0.25) is 0 Å². The van der Waals surface area contributed by atoms with Gasteiger partial charge < -0.3 is 28.0 Å². The second kappa shape index (κ2) is 17.0. The Morgan fingerprint density at radius 1 is 0.886 bits per heavy atom. The first-order chi connectivity index (χ1) is 21.7. The van der Waals surface area contributed by atoms with Crippen LogP contribution in [0.25, 0.3) is 0 Å². The topological polar surface area (TPSA) is 58.6 Å². The molecular formula is C35H47BrNO6P. The molecule has 1 unspecified atom stereocenters. The molecule has 44 heavy (non-hydrogen) atoms. The molecule has 4 rings (SSSR count). The van der Waals surface area contributed by atoms with Gasteiger partial charge in [-0.25, -0.2) is 4.67 Å². The summed E-state index contributed by atoms with van der Waals surface area (Å²) < 4.78 is 48.2. The summed E-state index contributed by atoms with van der Waals surface area (Å²) >= 11 is 3.51. The first-order valence-corrected chi connectivity index (χ1v) is 17.5. The van der Waals surface area contributed by atoms with Crippen LogP contribution in [0.5, 0.6) is 11.5 Å². The molecule has 1 aliphatic rings. The average Bonchev–Trinajstić information content (AvgIpc) is 3.40. The van der Waals surface area contributed by atoms with Gasteiger partial charge in [-0.2, -0.15) is 0 Å². The van der Waals surface area contributed by atoms with E-state index in [1.54, 1.807) is 14.2 Å². The Kier molecular flexibility index (Phi) is 12.9. The van der Waals surface area contributed by atoms with E-state index in [0.717, 1.165) is 39.9 Å². The van der Waals surface area contributed by atoms with E-state index < -0.39 is 26.8 Å². The highest BCUT2D eigenvalue weighted by Crippen LogP contribution is 2.49. The summed E-state index contributed by atoms with van der Waals surface area (Å²) in [6.07, 6.45) is 0.465. The number of rotatable bonds is 17. The van der Waals surface area contributed by atoms with Gasteiger partial charge in [0.05, 0.1) is 34.9 Å². The third kappa shape index (κ3) is 8.41. The Balaban J connectivity index is 1.71. The summed E-state index contributed by atoms with van der Waals surface area (Å²) in [5.41, 5.74) is 1.84. The number of ether oxygens (including phenoxy) is 4. The minimum Gasteiger partial charge on any atom is -0.497 e. The third-order valence-electron chi connectivity index (χ3n) is 7.60. The molecule has 3 aromatic carbocycles. The van der Waals surface area contributed by atoms with Gasteiger partial charge in [-0.05, 0) is 75.1 Å². The minimum absolute atomic E-state index is 0.195. The van der Waals surface area contributed by atoms with Crippen molar-refractivity contribution < 1.29 is 29.4 Å². The molecule has 0 radical (unpaired) electrons. The second-order valence-corrected chi connectivity index (χ2v) is 13.4. The smallest absolute Gasteiger partial charge is 0.259 e. The molecule has 9 heteroatoms. The van der Waals surface area contributed by atoms with E-state index in [0.29, 0.717) is 13.0 Å². The molecule has 240 valence electrons. The minimum atomic E-state index is -1.39. The number of alkyl halides is 1. The molecule has 1 saturated heterocycles. The maximum atomic E-state index is 8.56. The zero-order valence-corrected chi connectivity index (χ0v) is 29.1. The Bertz CT molecular complexity index is 1230. The Hall–Kier alpha value is -2.03. The number of hydrogen-bond donors (Lipinski definition) is 0. The van der Waals surface area contributed by atoms with E-state index in [9.17, 15) is 0 Å². The molecule has 0 amide bonds. The predicted octanol–water partition coefficient (Wildman–Crippen LogP) is 8.33. The molecule has 0 spiro atoms. The Labute approximate surface area is 274 Å². The van der Waals surface area contributed by atoms with E-state index in [1.165, 1.54) is 0 Å². The lowest BCUT2D eigenvalue weighted by atomic mass is 9.80. The van der Waals surface area contributed by atoms with Gasteiger partial charge in [-0.3, -0.25) is 0 Å². The zero-order chi connectivity index (χ0) is 32.4. The third-order valence-corrected chi connectivity index (χ3v) is 10.3. The number of hydrogen-bond acceptors (Lipinski definition) is 7. The van der Waals surface area contributed by atoms with Crippen LogP contribution in [-0.2, 0) is 24.1 Å². The van der Waals surface area contributed by atoms with Crippen LogP contribution < -0.4 is 9.47 Å². The molecule has 0 saturated carbocycles. The van der Waals surface area contributed by atoms with Crippen LogP contribution in [-0.4, -0.2) is 68.3 Å². The highest BCUT2D eigenvalue weighted by atomic mass is 79.9. The van der Waals surface area contributed by atoms with Gasteiger partial charge >= 0.3 is 0 Å². The fourth-order valence-corrected chi connectivity index (χ4v) is 7.52. The number of methoxy groups -OCH3 is 2. The van der Waals surface area contributed by atoms with E-state index in [-0.39, 0.29) is 24.8 Å². The van der Waals surface area contributed by atoms with Crippen molar-refractivity contribution in [3.05, 3.63) is 95.6 Å². The van der Waals surface area contributed by atoms with Crippen LogP contribution in [0.3, 0.4) is 0 Å². The van der Waals surface area contributed by atoms with E-state index in [4.69, 9.17) is 29.4 Å². The van der Waals surface area contributed by atoms with Crippen molar-refractivity contribution >= 4 is 24.5 Å². The maximum absolute atomic E-state index is 8.56. The molecule has 7 nitrogen and oxygen atoms in total. The van der Waals surface area contributed by atoms with Crippen molar-refractivity contribution in [1.82, 2.24) is 4.67 Å². The van der Waals surface area contributed by atoms with Gasteiger partial charge in [0, 0.05) is 30.4 Å². The zero-order valence-electron chi connectivity index (χ0n) is 27.6. The molecule has 0 aromatic heterocycles. The highest BCUT2D eigenvalue weighted by molar-refractivity contribution is 9.09. The van der Waals surface area contributed by atoms with Crippen molar-refractivity contribution in [1.29, 1.82) is 0 Å². The van der Waals surface area contributed by atoms with Gasteiger partial charge in [-0.15, -0.1) is 0 Å². The van der Waals surface area contributed by atoms with E-state index >= 15 is 0 Å². The van der Waals surface area contributed by atoms with Crippen molar-refractivity contribution in [2.45, 2.75) is 70.4 Å². The lowest BCUT2D eigenvalue weighted by molar-refractivity contribution is -0.0673. The first-order valence-electron chi connectivity index (χ1n) is 15.8. The van der Waals surface area contributed by atoms with Crippen molar-refractivity contribution in [3.63, 3.8) is 0 Å². The summed E-state index contributed by atoms with van der Waals surface area (Å²) in [6, 6.07) is 26.5. The number of benzene rings is 3. The Morgan fingerprint density at radius 2 is 1.43 bits per heavy atom. The SMILES string of the molecule is [3H][C@H]1C[C@@H](OP(OCCCBr)N(C(C)C)C(C)C)[C@@H](COC(c2ccccc2)(c2ccc(OC)cc2)c2ccc(OC)cc2)O1. The van der Waals surface area contributed by atoms with Crippen LogP contribution in [0, 0.1) is 0 Å². The van der Waals surface area contributed by atoms with Gasteiger partial charge in [0.15, 0.2) is 0 Å². The first kappa shape index (κ1) is 33.3. The van der Waals surface area contributed by atoms with Crippen molar-refractivity contribution in [2.75, 3.05) is 39.3 Å². The molecule has 4 atom stereocenters. The second-order valence-electron chi connectivity index (χ2n) is 11.2. The van der Waals surface area contributed by atoms with Gasteiger partial charge in [0.2, 0.25) is 0 Å². The molecule has 3 aromatic rings. The van der Waals surface area contributed by atoms with Gasteiger partial charge in [0.25, 0.3) is 8.53 Å². The van der Waals surface area contributed by atoms with Crippen LogP contribution in [0.1, 0.15) is 58.6 Å². The number of nitrogens with zero attached hydrogens (tertiary/aromatic N) is 1. The van der Waals surface area contributed by atoms with Crippen molar-refractivity contribution in [2.24, 2.45) is 0 Å². The molecule has 1 aliphatic heterocycles. The summed E-state index contributed by atoms with van der Waals surface area (Å²) in [6.45, 7) is 8.68. The maximum Gasteiger partial charge on any atom is 0.259 e. The van der Waals surface area contributed by atoms with E-state index in [2.05, 4.69) is 60.4 Å². The standard InChI is InChI=1S/C35H47BrNO6P/c1-26(2)37(27(3)4)44(42-23-10-22-36)43-33-21-24-40-34(33)25-41-35(28-11-8-7-9-12-28,29-13-17-31(38-5)18-14-29)30-15-19-32(39-6)20-16-30/h7-9,11-20,26-27,33-34H,10,21-25H2,1-6H3/t33-,34-,44?/m1/s1/i24T/t24-,33+,34+,44?/m0. The molecular weight excluding hydrogens is 641 g/mol. The lowest BCUT2D eigenvalue weighted by Crippen LogP contribution is -2.39. The van der Waals surface area contributed by atoms with Gasteiger partial charge in [0.1, 0.15) is 23.2 Å². The van der Waals surface area contributed by atoms with Crippen molar-refractivity contribution in [3.8, 4) is 11.5 Å². The Morgan fingerprint density at radius 3 is 1.93 bits per heavy atom. The molecule has 1 heterocycles. The molecule has 0 N–H and O–H groups in total. The molecule has 1 fully saturated rings. The normalized spacial score (nSPS) is 19.9. The average molecular weight is 691 g/mol. The summed E-state index contributed by atoms with van der Waals surface area (Å²) in [7, 11) is 1.93. The van der Waals surface area contributed by atoms with Crippen LogP contribution in [0.15, 0.2) is 78.9 Å². The largest absolute Gasteiger partial charge is 0.497 e. The highest BCUT2D eigenvalue weighted by Gasteiger charge is 2.42. The quantitative estimate of drug-likeness (QED) is 0.0611. The monoisotopic (exact) mass is 689 g/mol. The lowest BCUT2D eigenvalue weighted by Gasteiger charge is -2.39. The molecule has 0 bridgehead atoms. The summed E-state index contributed by atoms with van der Waals surface area (Å²) in [5.74, 6) is 1.52. The number of halogens is 1. The van der Waals surface area contributed by atoms with E-state index in [1.807, 2.05) is 66.7 Å². The predicted molar refractivity (Wildman–Crippen MR) is 181 cm³/mol. The van der Waals surface area contributed by atoms with Gasteiger partial charge in [-0.1, -0.05) is 70.5 Å². The summed E-state index contributed by atoms with van der Waals surface area (Å²) in [5, 5.41) is 0.857. The van der Waals surface area contributed by atoms with Crippen LogP contribution in [0.4, 0.5) is 0 Å². The summed E-state index contributed by atoms with van der Waals surface area (Å²) in [4.78, 5) is 0.